The van der Waals surface area contributed by atoms with E-state index in [1.807, 2.05) is 17.5 Å². The molecule has 0 radical (unpaired) electrons. The van der Waals surface area contributed by atoms with Gasteiger partial charge < -0.3 is 10.5 Å². The molecule has 0 aliphatic heterocycles. The van der Waals surface area contributed by atoms with Crippen molar-refractivity contribution in [3.8, 4) is 11.8 Å². The summed E-state index contributed by atoms with van der Waals surface area (Å²) in [6.07, 6.45) is 0.324. The molecule has 2 N–H and O–H groups in total. The third-order valence-electron chi connectivity index (χ3n) is 1.56. The van der Waals surface area contributed by atoms with Crippen LogP contribution in [0.15, 0.2) is 17.5 Å². The molecule has 74 valence electrons. The first-order chi connectivity index (χ1) is 6.74. The van der Waals surface area contributed by atoms with E-state index in [9.17, 15) is 4.79 Å². The molecular weight excluding hydrogens is 198 g/mol. The van der Waals surface area contributed by atoms with Crippen LogP contribution in [0.1, 0.15) is 11.3 Å². The first kappa shape index (κ1) is 10.8. The summed E-state index contributed by atoms with van der Waals surface area (Å²) in [6, 6.07) is 3.20. The van der Waals surface area contributed by atoms with Gasteiger partial charge in [0.25, 0.3) is 0 Å². The summed E-state index contributed by atoms with van der Waals surface area (Å²) in [4.78, 5) is 11.9. The Morgan fingerprint density at radius 2 is 2.57 bits per heavy atom. The lowest BCUT2D eigenvalue weighted by Crippen LogP contribution is -2.30. The minimum absolute atomic E-state index is 0.324. The fraction of sp³-hybridized carbons (Fsp3) is 0.300. The Morgan fingerprint density at radius 3 is 3.14 bits per heavy atom. The van der Waals surface area contributed by atoms with E-state index in [0.717, 1.165) is 4.88 Å². The Kier molecular flexibility index (Phi) is 4.17. The maximum absolute atomic E-state index is 10.9. The SMILES string of the molecule is COC(=O)[C@H](N)CC#Cc1cccs1. The van der Waals surface area contributed by atoms with Gasteiger partial charge in [-0.2, -0.15) is 0 Å². The summed E-state index contributed by atoms with van der Waals surface area (Å²) in [6.45, 7) is 0. The molecule has 1 atom stereocenters. The third-order valence-corrected chi connectivity index (χ3v) is 2.34. The maximum Gasteiger partial charge on any atom is 0.323 e. The number of nitrogens with two attached hydrogens (primary N) is 1. The first-order valence-electron chi connectivity index (χ1n) is 4.10. The highest BCUT2D eigenvalue weighted by Gasteiger charge is 2.10. The fourth-order valence-electron chi connectivity index (χ4n) is 0.832. The van der Waals surface area contributed by atoms with Gasteiger partial charge in [-0.05, 0) is 11.4 Å². The standard InChI is InChI=1S/C10H11NO2S/c1-13-10(12)9(11)6-2-4-8-5-3-7-14-8/h3,5,7,9H,6,11H2,1H3/t9-/m1/s1. The van der Waals surface area contributed by atoms with E-state index in [1.54, 1.807) is 11.3 Å². The Balaban J connectivity index is 2.44. The van der Waals surface area contributed by atoms with Crippen molar-refractivity contribution in [1.82, 2.24) is 0 Å². The second-order valence-corrected chi connectivity index (χ2v) is 3.56. The van der Waals surface area contributed by atoms with Crippen LogP contribution in [0.2, 0.25) is 0 Å². The highest BCUT2D eigenvalue weighted by Crippen LogP contribution is 2.05. The van der Waals surface area contributed by atoms with E-state index in [-0.39, 0.29) is 0 Å². The number of ether oxygens (including phenoxy) is 1. The largest absolute Gasteiger partial charge is 0.468 e. The minimum atomic E-state index is -0.646. The molecule has 0 saturated heterocycles. The second-order valence-electron chi connectivity index (χ2n) is 2.61. The van der Waals surface area contributed by atoms with E-state index in [4.69, 9.17) is 5.73 Å². The van der Waals surface area contributed by atoms with Gasteiger partial charge in [-0.1, -0.05) is 17.9 Å². The van der Waals surface area contributed by atoms with Crippen LogP contribution in [0.4, 0.5) is 0 Å². The molecule has 4 heteroatoms. The summed E-state index contributed by atoms with van der Waals surface area (Å²) in [5.74, 6) is 5.33. The monoisotopic (exact) mass is 209 g/mol. The molecule has 0 unspecified atom stereocenters. The van der Waals surface area contributed by atoms with Crippen LogP contribution < -0.4 is 5.73 Å². The normalized spacial score (nSPS) is 11.3. The van der Waals surface area contributed by atoms with Gasteiger partial charge in [-0.15, -0.1) is 11.3 Å². The zero-order chi connectivity index (χ0) is 10.4. The molecule has 1 aromatic rings. The van der Waals surface area contributed by atoms with Crippen LogP contribution >= 0.6 is 11.3 Å². The van der Waals surface area contributed by atoms with Crippen LogP contribution in [0.5, 0.6) is 0 Å². The predicted octanol–water partition coefficient (Wildman–Crippen LogP) is 0.990. The topological polar surface area (TPSA) is 52.3 Å². The van der Waals surface area contributed by atoms with E-state index in [0.29, 0.717) is 6.42 Å². The fourth-order valence-corrected chi connectivity index (χ4v) is 1.42. The number of methoxy groups -OCH3 is 1. The van der Waals surface area contributed by atoms with Gasteiger partial charge in [0.05, 0.1) is 12.0 Å². The number of carbonyl (C=O) groups excluding carboxylic acids is 1. The molecule has 0 aromatic carbocycles. The molecule has 0 amide bonds. The quantitative estimate of drug-likeness (QED) is 0.583. The van der Waals surface area contributed by atoms with Gasteiger partial charge in [0, 0.05) is 6.42 Å². The number of esters is 1. The summed E-state index contributed by atoms with van der Waals surface area (Å²) >= 11 is 1.56. The van der Waals surface area contributed by atoms with E-state index >= 15 is 0 Å². The molecule has 14 heavy (non-hydrogen) atoms. The van der Waals surface area contributed by atoms with Gasteiger partial charge in [0.15, 0.2) is 0 Å². The van der Waals surface area contributed by atoms with Gasteiger partial charge >= 0.3 is 5.97 Å². The van der Waals surface area contributed by atoms with E-state index in [2.05, 4.69) is 16.6 Å². The van der Waals surface area contributed by atoms with Crippen molar-refractivity contribution in [3.63, 3.8) is 0 Å². The van der Waals surface area contributed by atoms with Crippen LogP contribution in [-0.2, 0) is 9.53 Å². The molecule has 1 rings (SSSR count). The molecule has 0 spiro atoms. The van der Waals surface area contributed by atoms with Crippen LogP contribution in [0.25, 0.3) is 0 Å². The van der Waals surface area contributed by atoms with Crippen LogP contribution in [0, 0.1) is 11.8 Å². The number of thiophene rings is 1. The lowest BCUT2D eigenvalue weighted by molar-refractivity contribution is -0.142. The molecule has 0 bridgehead atoms. The highest BCUT2D eigenvalue weighted by molar-refractivity contribution is 7.10. The van der Waals surface area contributed by atoms with Crippen molar-refractivity contribution in [3.05, 3.63) is 22.4 Å². The third kappa shape index (κ3) is 3.21. The molecule has 1 heterocycles. The van der Waals surface area contributed by atoms with Crippen molar-refractivity contribution < 1.29 is 9.53 Å². The van der Waals surface area contributed by atoms with Crippen LogP contribution in [0.3, 0.4) is 0 Å². The Morgan fingerprint density at radius 1 is 1.79 bits per heavy atom. The smallest absolute Gasteiger partial charge is 0.323 e. The first-order valence-corrected chi connectivity index (χ1v) is 4.98. The Hall–Kier alpha value is -1.31. The zero-order valence-electron chi connectivity index (χ0n) is 7.82. The average Bonchev–Trinajstić information content (AvgIpc) is 2.69. The minimum Gasteiger partial charge on any atom is -0.468 e. The lowest BCUT2D eigenvalue weighted by atomic mass is 10.2. The van der Waals surface area contributed by atoms with Gasteiger partial charge in [0.2, 0.25) is 0 Å². The average molecular weight is 209 g/mol. The molecule has 0 aliphatic rings. The molecule has 0 aliphatic carbocycles. The summed E-state index contributed by atoms with van der Waals surface area (Å²) in [7, 11) is 1.31. The lowest BCUT2D eigenvalue weighted by Gasteiger charge is -2.03. The number of rotatable bonds is 2. The molecule has 0 saturated carbocycles. The maximum atomic E-state index is 10.9. The van der Waals surface area contributed by atoms with E-state index < -0.39 is 12.0 Å². The Bertz CT molecular complexity index is 348. The molecule has 1 aromatic heterocycles. The number of hydrogen-bond donors (Lipinski definition) is 1. The van der Waals surface area contributed by atoms with Crippen molar-refractivity contribution >= 4 is 17.3 Å². The van der Waals surface area contributed by atoms with Gasteiger partial charge in [-0.25, -0.2) is 0 Å². The van der Waals surface area contributed by atoms with Crippen molar-refractivity contribution in [2.24, 2.45) is 5.73 Å². The summed E-state index contributed by atoms with van der Waals surface area (Å²) in [5, 5.41) is 1.95. The van der Waals surface area contributed by atoms with Crippen molar-refractivity contribution in [2.45, 2.75) is 12.5 Å². The van der Waals surface area contributed by atoms with Gasteiger partial charge in [0.1, 0.15) is 6.04 Å². The molecule has 0 fully saturated rings. The van der Waals surface area contributed by atoms with Crippen molar-refractivity contribution in [1.29, 1.82) is 0 Å². The summed E-state index contributed by atoms with van der Waals surface area (Å²) in [5.41, 5.74) is 5.49. The number of carbonyl (C=O) groups is 1. The Labute approximate surface area is 86.9 Å². The van der Waals surface area contributed by atoms with Gasteiger partial charge in [-0.3, -0.25) is 4.79 Å². The molecule has 3 nitrogen and oxygen atoms in total. The highest BCUT2D eigenvalue weighted by atomic mass is 32.1. The van der Waals surface area contributed by atoms with Crippen LogP contribution in [-0.4, -0.2) is 19.1 Å². The predicted molar refractivity (Wildman–Crippen MR) is 55.8 cm³/mol. The van der Waals surface area contributed by atoms with Crippen molar-refractivity contribution in [2.75, 3.05) is 7.11 Å². The second kappa shape index (κ2) is 5.43. The van der Waals surface area contributed by atoms with E-state index in [1.165, 1.54) is 7.11 Å². The summed E-state index contributed by atoms with van der Waals surface area (Å²) < 4.78 is 4.47. The zero-order valence-corrected chi connectivity index (χ0v) is 8.64. The molecular formula is C10H11NO2S. The number of hydrogen-bond acceptors (Lipinski definition) is 4.